The molecular weight excluding hydrogens is 283 g/mol. The molecule has 0 spiro atoms. The van der Waals surface area contributed by atoms with Crippen LogP contribution in [0.25, 0.3) is 6.08 Å². The van der Waals surface area contributed by atoms with E-state index in [9.17, 15) is 9.18 Å². The van der Waals surface area contributed by atoms with E-state index in [1.807, 2.05) is 6.92 Å². The van der Waals surface area contributed by atoms with Crippen LogP contribution in [0.2, 0.25) is 0 Å². The Bertz CT molecular complexity index is 675. The first-order valence-corrected chi connectivity index (χ1v) is 6.80. The van der Waals surface area contributed by atoms with Gasteiger partial charge < -0.3 is 9.47 Å². The lowest BCUT2D eigenvalue weighted by Crippen LogP contribution is -2.02. The molecule has 0 aliphatic carbocycles. The van der Waals surface area contributed by atoms with Crippen molar-refractivity contribution in [1.82, 2.24) is 0 Å². The van der Waals surface area contributed by atoms with E-state index in [-0.39, 0.29) is 18.4 Å². The first kappa shape index (κ1) is 15.9. The fourth-order valence-electron chi connectivity index (χ4n) is 1.96. The van der Waals surface area contributed by atoms with E-state index in [4.69, 9.17) is 9.47 Å². The van der Waals surface area contributed by atoms with Gasteiger partial charge in [0.1, 0.15) is 11.6 Å². The zero-order valence-corrected chi connectivity index (χ0v) is 12.5. The summed E-state index contributed by atoms with van der Waals surface area (Å²) < 4.78 is 23.0. The normalized spacial score (nSPS) is 10.9. The van der Waals surface area contributed by atoms with E-state index in [0.717, 1.165) is 11.1 Å². The summed E-state index contributed by atoms with van der Waals surface area (Å²) in [7, 11) is 1.55. The number of hydrogen-bond acceptors (Lipinski definition) is 3. The van der Waals surface area contributed by atoms with Gasteiger partial charge in [-0.05, 0) is 54.5 Å². The SMILES string of the molecule is COCOc1ccc(C(=O)/C=C/c2ccc(F)cc2)c(C)c1. The third-order valence-electron chi connectivity index (χ3n) is 3.10. The molecule has 0 heterocycles. The average molecular weight is 300 g/mol. The molecule has 22 heavy (non-hydrogen) atoms. The average Bonchev–Trinajstić information content (AvgIpc) is 2.52. The first-order valence-electron chi connectivity index (χ1n) is 6.80. The van der Waals surface area contributed by atoms with Crippen molar-refractivity contribution in [2.75, 3.05) is 13.9 Å². The molecule has 0 N–H and O–H groups in total. The highest BCUT2D eigenvalue weighted by Crippen LogP contribution is 2.18. The number of allylic oxidation sites excluding steroid dienone is 1. The van der Waals surface area contributed by atoms with Crippen LogP contribution in [0, 0.1) is 12.7 Å². The standard InChI is InChI=1S/C18H17FO3/c1-13-11-16(22-12-21-2)8-9-17(13)18(20)10-5-14-3-6-15(19)7-4-14/h3-11H,12H2,1-2H3/b10-5+. The van der Waals surface area contributed by atoms with Crippen molar-refractivity contribution < 1.29 is 18.7 Å². The second-order valence-corrected chi connectivity index (χ2v) is 4.78. The summed E-state index contributed by atoms with van der Waals surface area (Å²) in [4.78, 5) is 12.2. The zero-order valence-electron chi connectivity index (χ0n) is 12.5. The fraction of sp³-hybridized carbons (Fsp3) is 0.167. The molecule has 2 rings (SSSR count). The maximum atomic E-state index is 12.8. The van der Waals surface area contributed by atoms with Crippen LogP contribution < -0.4 is 4.74 Å². The van der Waals surface area contributed by atoms with Crippen LogP contribution >= 0.6 is 0 Å². The molecule has 0 atom stereocenters. The van der Waals surface area contributed by atoms with Crippen molar-refractivity contribution in [3.8, 4) is 5.75 Å². The lowest BCUT2D eigenvalue weighted by atomic mass is 10.0. The van der Waals surface area contributed by atoms with Gasteiger partial charge in [0, 0.05) is 12.7 Å². The number of halogens is 1. The van der Waals surface area contributed by atoms with Gasteiger partial charge in [-0.3, -0.25) is 4.79 Å². The van der Waals surface area contributed by atoms with Crippen LogP contribution in [0.5, 0.6) is 5.75 Å². The molecule has 0 bridgehead atoms. The van der Waals surface area contributed by atoms with Crippen molar-refractivity contribution >= 4 is 11.9 Å². The molecular formula is C18H17FO3. The molecule has 3 nitrogen and oxygen atoms in total. The van der Waals surface area contributed by atoms with E-state index >= 15 is 0 Å². The van der Waals surface area contributed by atoms with Crippen molar-refractivity contribution in [1.29, 1.82) is 0 Å². The second-order valence-electron chi connectivity index (χ2n) is 4.78. The van der Waals surface area contributed by atoms with Crippen molar-refractivity contribution in [2.24, 2.45) is 0 Å². The van der Waals surface area contributed by atoms with Gasteiger partial charge in [0.25, 0.3) is 0 Å². The summed E-state index contributed by atoms with van der Waals surface area (Å²) in [5.74, 6) is 0.240. The van der Waals surface area contributed by atoms with Crippen molar-refractivity contribution in [2.45, 2.75) is 6.92 Å². The minimum absolute atomic E-state index is 0.111. The number of methoxy groups -OCH3 is 1. The van der Waals surface area contributed by atoms with E-state index in [2.05, 4.69) is 0 Å². The summed E-state index contributed by atoms with van der Waals surface area (Å²) in [6.07, 6.45) is 3.14. The van der Waals surface area contributed by atoms with Gasteiger partial charge in [-0.15, -0.1) is 0 Å². The van der Waals surface area contributed by atoms with Gasteiger partial charge in [-0.2, -0.15) is 0 Å². The Morgan fingerprint density at radius 2 is 1.91 bits per heavy atom. The maximum Gasteiger partial charge on any atom is 0.188 e. The number of ether oxygens (including phenoxy) is 2. The fourth-order valence-corrected chi connectivity index (χ4v) is 1.96. The number of hydrogen-bond donors (Lipinski definition) is 0. The summed E-state index contributed by atoms with van der Waals surface area (Å²) >= 11 is 0. The second kappa shape index (κ2) is 7.52. The molecule has 0 amide bonds. The van der Waals surface area contributed by atoms with Gasteiger partial charge in [-0.25, -0.2) is 4.39 Å². The van der Waals surface area contributed by atoms with Gasteiger partial charge in [0.15, 0.2) is 12.6 Å². The molecule has 2 aromatic rings. The molecule has 0 radical (unpaired) electrons. The topological polar surface area (TPSA) is 35.5 Å². The van der Waals surface area contributed by atoms with E-state index < -0.39 is 0 Å². The van der Waals surface area contributed by atoms with Crippen LogP contribution in [-0.4, -0.2) is 19.7 Å². The van der Waals surface area contributed by atoms with Gasteiger partial charge in [0.2, 0.25) is 0 Å². The largest absolute Gasteiger partial charge is 0.468 e. The number of rotatable bonds is 6. The molecule has 0 aromatic heterocycles. The lowest BCUT2D eigenvalue weighted by Gasteiger charge is -2.07. The Morgan fingerprint density at radius 3 is 2.55 bits per heavy atom. The highest BCUT2D eigenvalue weighted by atomic mass is 19.1. The molecule has 0 saturated heterocycles. The van der Waals surface area contributed by atoms with Crippen LogP contribution in [-0.2, 0) is 4.74 Å². The number of carbonyl (C=O) groups is 1. The Morgan fingerprint density at radius 1 is 1.18 bits per heavy atom. The minimum Gasteiger partial charge on any atom is -0.468 e. The Hall–Kier alpha value is -2.46. The number of ketones is 1. The molecule has 114 valence electrons. The lowest BCUT2D eigenvalue weighted by molar-refractivity contribution is 0.0511. The summed E-state index contributed by atoms with van der Waals surface area (Å²) in [5.41, 5.74) is 2.19. The quantitative estimate of drug-likeness (QED) is 0.459. The van der Waals surface area contributed by atoms with Crippen molar-refractivity contribution in [3.63, 3.8) is 0 Å². The Labute approximate surface area is 129 Å². The summed E-state index contributed by atoms with van der Waals surface area (Å²) in [6.45, 7) is 2.01. The first-order chi connectivity index (χ1) is 10.6. The summed E-state index contributed by atoms with van der Waals surface area (Å²) in [5, 5.41) is 0. The minimum atomic E-state index is -0.300. The molecule has 0 unspecified atom stereocenters. The van der Waals surface area contributed by atoms with Crippen molar-refractivity contribution in [3.05, 3.63) is 71.0 Å². The number of aryl methyl sites for hydroxylation is 1. The highest BCUT2D eigenvalue weighted by molar-refractivity contribution is 6.07. The van der Waals surface area contributed by atoms with E-state index in [1.165, 1.54) is 18.2 Å². The van der Waals surface area contributed by atoms with Gasteiger partial charge in [0.05, 0.1) is 0 Å². The monoisotopic (exact) mass is 300 g/mol. The van der Waals surface area contributed by atoms with Gasteiger partial charge >= 0.3 is 0 Å². The Kier molecular flexibility index (Phi) is 5.44. The maximum absolute atomic E-state index is 12.8. The number of carbonyl (C=O) groups excluding carboxylic acids is 1. The molecule has 0 aliphatic rings. The molecule has 0 saturated carbocycles. The highest BCUT2D eigenvalue weighted by Gasteiger charge is 2.07. The van der Waals surface area contributed by atoms with Crippen LogP contribution in [0.1, 0.15) is 21.5 Å². The Balaban J connectivity index is 2.10. The smallest absolute Gasteiger partial charge is 0.188 e. The molecule has 4 heteroatoms. The molecule has 0 aliphatic heterocycles. The number of benzene rings is 2. The third kappa shape index (κ3) is 4.27. The van der Waals surface area contributed by atoms with Crippen LogP contribution in [0.3, 0.4) is 0 Å². The molecule has 2 aromatic carbocycles. The molecule has 0 fully saturated rings. The zero-order chi connectivity index (χ0) is 15.9. The van der Waals surface area contributed by atoms with E-state index in [0.29, 0.717) is 11.3 Å². The predicted molar refractivity (Wildman–Crippen MR) is 83.4 cm³/mol. The third-order valence-corrected chi connectivity index (χ3v) is 3.10. The predicted octanol–water partition coefficient (Wildman–Crippen LogP) is 4.01. The van der Waals surface area contributed by atoms with Gasteiger partial charge in [-0.1, -0.05) is 18.2 Å². The summed E-state index contributed by atoms with van der Waals surface area (Å²) in [6, 6.07) is 11.2. The van der Waals surface area contributed by atoms with Crippen LogP contribution in [0.4, 0.5) is 4.39 Å². The van der Waals surface area contributed by atoms with Crippen LogP contribution in [0.15, 0.2) is 48.5 Å². The van der Waals surface area contributed by atoms with E-state index in [1.54, 1.807) is 43.5 Å².